The SMILES string of the molecule is C=C.CC(=O)OCCCCCCCCCCCCCCCC(=O)NCCCC(=O)OC(C)(C)C. The lowest BCUT2D eigenvalue weighted by molar-refractivity contribution is -0.155. The summed E-state index contributed by atoms with van der Waals surface area (Å²) in [4.78, 5) is 34.1. The fourth-order valence-corrected chi connectivity index (χ4v) is 3.49. The minimum atomic E-state index is -0.449. The molecule has 0 heterocycles. The summed E-state index contributed by atoms with van der Waals surface area (Å²) in [7, 11) is 0. The molecule has 200 valence electrons. The molecular formula is C28H53NO5. The Morgan fingerprint density at radius 3 is 1.56 bits per heavy atom. The van der Waals surface area contributed by atoms with Crippen LogP contribution in [0, 0.1) is 0 Å². The standard InChI is InChI=1S/C26H49NO5.C2H4/c1-23(28)31-22-17-15-13-11-9-7-5-6-8-10-12-14-16-19-24(29)27-21-18-20-25(30)32-26(2,3)4;1-2/h5-22H2,1-4H3,(H,27,29);1-2H2. The highest BCUT2D eigenvalue weighted by Gasteiger charge is 2.15. The molecule has 0 rings (SSSR count). The second-order valence-electron chi connectivity index (χ2n) is 9.73. The van der Waals surface area contributed by atoms with Gasteiger partial charge in [0.25, 0.3) is 0 Å². The second kappa shape index (κ2) is 24.3. The number of hydrogen-bond acceptors (Lipinski definition) is 5. The molecule has 0 aliphatic heterocycles. The molecule has 0 bridgehead atoms. The van der Waals surface area contributed by atoms with Gasteiger partial charge in [-0.3, -0.25) is 14.4 Å². The van der Waals surface area contributed by atoms with Gasteiger partial charge in [0.2, 0.25) is 5.91 Å². The van der Waals surface area contributed by atoms with Crippen molar-refractivity contribution in [1.29, 1.82) is 0 Å². The van der Waals surface area contributed by atoms with Gasteiger partial charge in [-0.25, -0.2) is 0 Å². The molecule has 0 saturated carbocycles. The molecule has 0 unspecified atom stereocenters. The Hall–Kier alpha value is -1.85. The zero-order valence-electron chi connectivity index (χ0n) is 22.7. The number of amides is 1. The Bertz CT molecular complexity index is 513. The normalized spacial score (nSPS) is 10.7. The van der Waals surface area contributed by atoms with E-state index >= 15 is 0 Å². The number of rotatable bonds is 20. The number of esters is 2. The molecule has 0 spiro atoms. The van der Waals surface area contributed by atoms with Gasteiger partial charge in [-0.05, 0) is 40.0 Å². The fraction of sp³-hybridized carbons (Fsp3) is 0.821. The molecular weight excluding hydrogens is 430 g/mol. The van der Waals surface area contributed by atoms with Crippen LogP contribution in [0.3, 0.4) is 0 Å². The topological polar surface area (TPSA) is 81.7 Å². The third kappa shape index (κ3) is 30.1. The lowest BCUT2D eigenvalue weighted by atomic mass is 10.0. The van der Waals surface area contributed by atoms with Gasteiger partial charge in [0.05, 0.1) is 6.61 Å². The van der Waals surface area contributed by atoms with Crippen molar-refractivity contribution in [3.8, 4) is 0 Å². The van der Waals surface area contributed by atoms with Crippen molar-refractivity contribution in [3.05, 3.63) is 13.2 Å². The Balaban J connectivity index is 0. The summed E-state index contributed by atoms with van der Waals surface area (Å²) in [6.45, 7) is 14.1. The van der Waals surface area contributed by atoms with Gasteiger partial charge in [-0.15, -0.1) is 13.2 Å². The van der Waals surface area contributed by atoms with Gasteiger partial charge in [-0.2, -0.15) is 0 Å². The first-order chi connectivity index (χ1) is 16.2. The average molecular weight is 484 g/mol. The van der Waals surface area contributed by atoms with Crippen LogP contribution in [0.5, 0.6) is 0 Å². The summed E-state index contributed by atoms with van der Waals surface area (Å²) in [6.07, 6.45) is 17.2. The molecule has 0 aliphatic carbocycles. The summed E-state index contributed by atoms with van der Waals surface area (Å²) >= 11 is 0. The van der Waals surface area contributed by atoms with E-state index < -0.39 is 5.60 Å². The summed E-state index contributed by atoms with van der Waals surface area (Å²) in [6, 6.07) is 0. The van der Waals surface area contributed by atoms with Crippen molar-refractivity contribution in [2.45, 2.75) is 136 Å². The van der Waals surface area contributed by atoms with Crippen LogP contribution in [0.4, 0.5) is 0 Å². The van der Waals surface area contributed by atoms with Gasteiger partial charge < -0.3 is 14.8 Å². The maximum absolute atomic E-state index is 11.8. The smallest absolute Gasteiger partial charge is 0.306 e. The average Bonchev–Trinajstić information content (AvgIpc) is 2.76. The van der Waals surface area contributed by atoms with Crippen LogP contribution in [0.15, 0.2) is 13.2 Å². The molecule has 0 fully saturated rings. The Labute approximate surface area is 209 Å². The fourth-order valence-electron chi connectivity index (χ4n) is 3.49. The maximum atomic E-state index is 11.8. The van der Waals surface area contributed by atoms with E-state index in [0.717, 1.165) is 25.7 Å². The Morgan fingerprint density at radius 2 is 1.12 bits per heavy atom. The van der Waals surface area contributed by atoms with E-state index in [0.29, 0.717) is 32.4 Å². The van der Waals surface area contributed by atoms with Gasteiger partial charge in [-0.1, -0.05) is 70.6 Å². The monoisotopic (exact) mass is 483 g/mol. The molecule has 34 heavy (non-hydrogen) atoms. The van der Waals surface area contributed by atoms with E-state index in [2.05, 4.69) is 18.5 Å². The first-order valence-electron chi connectivity index (χ1n) is 13.3. The largest absolute Gasteiger partial charge is 0.466 e. The van der Waals surface area contributed by atoms with Crippen molar-refractivity contribution < 1.29 is 23.9 Å². The van der Waals surface area contributed by atoms with Crippen LogP contribution >= 0.6 is 0 Å². The summed E-state index contributed by atoms with van der Waals surface area (Å²) in [5.74, 6) is -0.306. The summed E-state index contributed by atoms with van der Waals surface area (Å²) in [5, 5.41) is 2.89. The molecule has 0 aromatic heterocycles. The van der Waals surface area contributed by atoms with Crippen molar-refractivity contribution >= 4 is 17.8 Å². The van der Waals surface area contributed by atoms with Crippen molar-refractivity contribution in [2.24, 2.45) is 0 Å². The first kappa shape index (κ1) is 34.3. The van der Waals surface area contributed by atoms with Gasteiger partial charge in [0.15, 0.2) is 0 Å². The van der Waals surface area contributed by atoms with Crippen LogP contribution in [-0.2, 0) is 23.9 Å². The molecule has 0 saturated heterocycles. The molecule has 0 radical (unpaired) electrons. The highest BCUT2D eigenvalue weighted by Crippen LogP contribution is 2.13. The van der Waals surface area contributed by atoms with Gasteiger partial charge in [0, 0.05) is 26.3 Å². The van der Waals surface area contributed by atoms with E-state index in [4.69, 9.17) is 9.47 Å². The Kier molecular flexibility index (Phi) is 24.5. The lowest BCUT2D eigenvalue weighted by Gasteiger charge is -2.19. The molecule has 0 atom stereocenters. The van der Waals surface area contributed by atoms with Crippen LogP contribution in [0.1, 0.15) is 130 Å². The van der Waals surface area contributed by atoms with Gasteiger partial charge in [0.1, 0.15) is 5.60 Å². The number of ether oxygens (including phenoxy) is 2. The van der Waals surface area contributed by atoms with Gasteiger partial charge >= 0.3 is 11.9 Å². The first-order valence-corrected chi connectivity index (χ1v) is 13.3. The number of carbonyl (C=O) groups is 3. The molecule has 0 aliphatic rings. The van der Waals surface area contributed by atoms with E-state index in [1.165, 1.54) is 64.7 Å². The number of unbranched alkanes of at least 4 members (excludes halogenated alkanes) is 12. The van der Waals surface area contributed by atoms with Crippen LogP contribution in [0.25, 0.3) is 0 Å². The minimum Gasteiger partial charge on any atom is -0.466 e. The Morgan fingerprint density at radius 1 is 0.676 bits per heavy atom. The zero-order valence-corrected chi connectivity index (χ0v) is 22.7. The van der Waals surface area contributed by atoms with Crippen molar-refractivity contribution in [2.75, 3.05) is 13.2 Å². The minimum absolute atomic E-state index is 0.0839. The number of hydrogen-bond donors (Lipinski definition) is 1. The van der Waals surface area contributed by atoms with Crippen LogP contribution < -0.4 is 5.32 Å². The maximum Gasteiger partial charge on any atom is 0.306 e. The lowest BCUT2D eigenvalue weighted by Crippen LogP contribution is -2.26. The molecule has 6 nitrogen and oxygen atoms in total. The highest BCUT2D eigenvalue weighted by atomic mass is 16.6. The number of nitrogens with one attached hydrogen (secondary N) is 1. The second-order valence-corrected chi connectivity index (χ2v) is 9.73. The van der Waals surface area contributed by atoms with E-state index in [9.17, 15) is 14.4 Å². The van der Waals surface area contributed by atoms with E-state index in [1.807, 2.05) is 20.8 Å². The zero-order chi connectivity index (χ0) is 26.1. The summed E-state index contributed by atoms with van der Waals surface area (Å²) < 4.78 is 10.2. The van der Waals surface area contributed by atoms with Crippen molar-refractivity contribution in [3.63, 3.8) is 0 Å². The summed E-state index contributed by atoms with van der Waals surface area (Å²) in [5.41, 5.74) is -0.449. The highest BCUT2D eigenvalue weighted by molar-refractivity contribution is 5.76. The van der Waals surface area contributed by atoms with Crippen LogP contribution in [-0.4, -0.2) is 36.6 Å². The van der Waals surface area contributed by atoms with Crippen molar-refractivity contribution in [1.82, 2.24) is 5.32 Å². The third-order valence-electron chi connectivity index (χ3n) is 5.15. The van der Waals surface area contributed by atoms with E-state index in [1.54, 1.807) is 0 Å². The number of carbonyl (C=O) groups excluding carboxylic acids is 3. The third-order valence-corrected chi connectivity index (χ3v) is 5.15. The van der Waals surface area contributed by atoms with E-state index in [-0.39, 0.29) is 17.8 Å². The predicted octanol–water partition coefficient (Wildman–Crippen LogP) is 7.05. The molecule has 0 aromatic carbocycles. The molecule has 1 N–H and O–H groups in total. The predicted molar refractivity (Wildman–Crippen MR) is 141 cm³/mol. The molecule has 0 aromatic rings. The molecule has 6 heteroatoms. The van der Waals surface area contributed by atoms with Crippen LogP contribution in [0.2, 0.25) is 0 Å². The molecule has 1 amide bonds. The quantitative estimate of drug-likeness (QED) is 0.114.